The van der Waals surface area contributed by atoms with E-state index in [-0.39, 0.29) is 0 Å². The average Bonchev–Trinajstić information content (AvgIpc) is 2.67. The molecule has 58 valence electrons. The van der Waals surface area contributed by atoms with Gasteiger partial charge < -0.3 is 4.74 Å². The number of hydrogen-bond acceptors (Lipinski definition) is 3. The molecule has 2 aliphatic rings. The minimum absolute atomic E-state index is 0.361. The minimum atomic E-state index is 0.361. The van der Waals surface area contributed by atoms with Crippen molar-refractivity contribution >= 4 is 0 Å². The summed E-state index contributed by atoms with van der Waals surface area (Å²) in [5.74, 6) is 0. The molecule has 0 aromatic rings. The van der Waals surface area contributed by atoms with Crippen LogP contribution in [-0.4, -0.2) is 37.0 Å². The molecule has 1 N–H and O–H groups in total. The monoisotopic (exact) mass is 142 g/mol. The zero-order chi connectivity index (χ0) is 6.97. The molecule has 2 rings (SSSR count). The Labute approximate surface area is 61.3 Å². The molecule has 3 nitrogen and oxygen atoms in total. The summed E-state index contributed by atoms with van der Waals surface area (Å²) < 4.78 is 5.36. The van der Waals surface area contributed by atoms with Crippen LogP contribution in [0.1, 0.15) is 13.3 Å². The number of nitrogens with zero attached hydrogens (tertiary/aromatic N) is 1. The standard InChI is InChI=1S/C7H14N2O/c1-2-4-9-5-3-8-6-7(9)10-6/h6-8H,2-5H2,1H3. The van der Waals surface area contributed by atoms with Crippen molar-refractivity contribution in [3.05, 3.63) is 0 Å². The fourth-order valence-electron chi connectivity index (χ4n) is 1.54. The Bertz CT molecular complexity index is 127. The van der Waals surface area contributed by atoms with E-state index in [0.717, 1.165) is 13.1 Å². The van der Waals surface area contributed by atoms with Crippen LogP contribution < -0.4 is 5.32 Å². The lowest BCUT2D eigenvalue weighted by Crippen LogP contribution is -2.43. The van der Waals surface area contributed by atoms with Gasteiger partial charge >= 0.3 is 0 Å². The van der Waals surface area contributed by atoms with Crippen LogP contribution >= 0.6 is 0 Å². The molecule has 10 heavy (non-hydrogen) atoms. The quantitative estimate of drug-likeness (QED) is 0.549. The molecule has 2 fully saturated rings. The SMILES string of the molecule is CCCN1CCNC2OC21. The first-order valence-corrected chi connectivity index (χ1v) is 4.04. The minimum Gasteiger partial charge on any atom is -0.337 e. The van der Waals surface area contributed by atoms with E-state index in [1.54, 1.807) is 0 Å². The molecule has 0 spiro atoms. The average molecular weight is 142 g/mol. The second-order valence-electron chi connectivity index (χ2n) is 2.94. The maximum atomic E-state index is 5.36. The molecule has 2 aliphatic heterocycles. The van der Waals surface area contributed by atoms with Crippen LogP contribution in [0.25, 0.3) is 0 Å². The number of ether oxygens (including phenoxy) is 1. The van der Waals surface area contributed by atoms with Gasteiger partial charge in [-0.25, -0.2) is 0 Å². The molecule has 2 atom stereocenters. The van der Waals surface area contributed by atoms with Gasteiger partial charge in [0.1, 0.15) is 0 Å². The molecule has 2 saturated heterocycles. The summed E-state index contributed by atoms with van der Waals surface area (Å²) >= 11 is 0. The van der Waals surface area contributed by atoms with Gasteiger partial charge in [-0.2, -0.15) is 0 Å². The van der Waals surface area contributed by atoms with Crippen LogP contribution in [0.5, 0.6) is 0 Å². The molecule has 0 amide bonds. The van der Waals surface area contributed by atoms with E-state index in [1.165, 1.54) is 13.0 Å². The fourth-order valence-corrected chi connectivity index (χ4v) is 1.54. The van der Waals surface area contributed by atoms with E-state index in [4.69, 9.17) is 4.74 Å². The molecule has 0 bridgehead atoms. The molecule has 0 saturated carbocycles. The first-order chi connectivity index (χ1) is 4.92. The topological polar surface area (TPSA) is 27.8 Å². The van der Waals surface area contributed by atoms with Crippen LogP contribution in [0.2, 0.25) is 0 Å². The number of rotatable bonds is 2. The Morgan fingerprint density at radius 3 is 3.40 bits per heavy atom. The molecule has 2 unspecified atom stereocenters. The predicted octanol–water partition coefficient (Wildman–Crippen LogP) is -0.0160. The van der Waals surface area contributed by atoms with Crippen molar-refractivity contribution in [1.82, 2.24) is 10.2 Å². The first kappa shape index (κ1) is 6.58. The van der Waals surface area contributed by atoms with Crippen LogP contribution in [0.3, 0.4) is 0 Å². The normalized spacial score (nSPS) is 39.3. The van der Waals surface area contributed by atoms with Gasteiger partial charge in [-0.15, -0.1) is 0 Å². The van der Waals surface area contributed by atoms with Gasteiger partial charge in [0.25, 0.3) is 0 Å². The molecule has 2 heterocycles. The van der Waals surface area contributed by atoms with Crippen molar-refractivity contribution in [1.29, 1.82) is 0 Å². The van der Waals surface area contributed by atoms with Gasteiger partial charge in [0.2, 0.25) is 0 Å². The molecule has 0 aliphatic carbocycles. The number of nitrogens with one attached hydrogen (secondary N) is 1. The predicted molar refractivity (Wildman–Crippen MR) is 38.5 cm³/mol. The van der Waals surface area contributed by atoms with Gasteiger partial charge in [-0.3, -0.25) is 10.2 Å². The highest BCUT2D eigenvalue weighted by Gasteiger charge is 2.45. The second kappa shape index (κ2) is 2.49. The lowest BCUT2D eigenvalue weighted by molar-refractivity contribution is 0.180. The van der Waals surface area contributed by atoms with Gasteiger partial charge in [0, 0.05) is 19.6 Å². The Morgan fingerprint density at radius 1 is 1.70 bits per heavy atom. The molecule has 0 radical (unpaired) electrons. The van der Waals surface area contributed by atoms with E-state index in [1.807, 2.05) is 0 Å². The van der Waals surface area contributed by atoms with Crippen molar-refractivity contribution < 1.29 is 4.74 Å². The molecule has 0 aromatic carbocycles. The van der Waals surface area contributed by atoms with Gasteiger partial charge in [-0.1, -0.05) is 6.92 Å². The Kier molecular flexibility index (Phi) is 1.64. The summed E-state index contributed by atoms with van der Waals surface area (Å²) in [6.45, 7) is 5.62. The summed E-state index contributed by atoms with van der Waals surface area (Å²) in [6, 6.07) is 0. The Balaban J connectivity index is 1.84. The van der Waals surface area contributed by atoms with Crippen molar-refractivity contribution in [2.75, 3.05) is 19.6 Å². The summed E-state index contributed by atoms with van der Waals surface area (Å²) in [4.78, 5) is 2.40. The maximum absolute atomic E-state index is 5.36. The number of piperazine rings is 1. The first-order valence-electron chi connectivity index (χ1n) is 4.04. The highest BCUT2D eigenvalue weighted by molar-refractivity contribution is 4.87. The third kappa shape index (κ3) is 1.05. The van der Waals surface area contributed by atoms with Gasteiger partial charge in [-0.05, 0) is 6.42 Å². The maximum Gasteiger partial charge on any atom is 0.153 e. The summed E-state index contributed by atoms with van der Waals surface area (Å²) in [5.41, 5.74) is 0. The van der Waals surface area contributed by atoms with Crippen LogP contribution in [0.15, 0.2) is 0 Å². The zero-order valence-electron chi connectivity index (χ0n) is 6.34. The van der Waals surface area contributed by atoms with E-state index in [0.29, 0.717) is 12.5 Å². The summed E-state index contributed by atoms with van der Waals surface area (Å²) in [7, 11) is 0. The molecular weight excluding hydrogens is 128 g/mol. The number of fused-ring (bicyclic) bond motifs is 1. The van der Waals surface area contributed by atoms with E-state index >= 15 is 0 Å². The van der Waals surface area contributed by atoms with Crippen molar-refractivity contribution in [2.45, 2.75) is 25.8 Å². The fraction of sp³-hybridized carbons (Fsp3) is 1.00. The summed E-state index contributed by atoms with van der Waals surface area (Å²) in [6.07, 6.45) is 2.00. The van der Waals surface area contributed by atoms with Crippen LogP contribution in [-0.2, 0) is 4.74 Å². The van der Waals surface area contributed by atoms with Crippen LogP contribution in [0.4, 0.5) is 0 Å². The highest BCUT2D eigenvalue weighted by Crippen LogP contribution is 2.25. The number of hydrogen-bond donors (Lipinski definition) is 1. The molecule has 0 aromatic heterocycles. The highest BCUT2D eigenvalue weighted by atomic mass is 16.6. The van der Waals surface area contributed by atoms with Gasteiger partial charge in [0.05, 0.1) is 0 Å². The Hall–Kier alpha value is -0.120. The van der Waals surface area contributed by atoms with Crippen LogP contribution in [0, 0.1) is 0 Å². The third-order valence-corrected chi connectivity index (χ3v) is 2.08. The molecular formula is C7H14N2O. The van der Waals surface area contributed by atoms with E-state index in [2.05, 4.69) is 17.1 Å². The molecule has 3 heteroatoms. The van der Waals surface area contributed by atoms with E-state index in [9.17, 15) is 0 Å². The summed E-state index contributed by atoms with van der Waals surface area (Å²) in [5, 5.41) is 3.28. The third-order valence-electron chi connectivity index (χ3n) is 2.08. The smallest absolute Gasteiger partial charge is 0.153 e. The number of epoxide rings is 1. The van der Waals surface area contributed by atoms with Gasteiger partial charge in [0.15, 0.2) is 12.5 Å². The Morgan fingerprint density at radius 2 is 2.60 bits per heavy atom. The largest absolute Gasteiger partial charge is 0.337 e. The van der Waals surface area contributed by atoms with Crippen molar-refractivity contribution in [3.63, 3.8) is 0 Å². The lowest BCUT2D eigenvalue weighted by atomic mass is 10.3. The van der Waals surface area contributed by atoms with E-state index < -0.39 is 0 Å². The lowest BCUT2D eigenvalue weighted by Gasteiger charge is -2.22. The van der Waals surface area contributed by atoms with Crippen molar-refractivity contribution in [2.24, 2.45) is 0 Å². The van der Waals surface area contributed by atoms with Crippen molar-refractivity contribution in [3.8, 4) is 0 Å². The zero-order valence-corrected chi connectivity index (χ0v) is 6.34. The second-order valence-corrected chi connectivity index (χ2v) is 2.94.